The molecule has 0 aliphatic carbocycles. The van der Waals surface area contributed by atoms with E-state index in [-0.39, 0.29) is 44.4 Å². The van der Waals surface area contributed by atoms with Crippen molar-refractivity contribution in [3.63, 3.8) is 0 Å². The van der Waals surface area contributed by atoms with Crippen LogP contribution in [0.4, 0.5) is 28.4 Å². The molecule has 0 saturated heterocycles. The minimum Gasteiger partial charge on any atom is -0.744 e. The summed E-state index contributed by atoms with van der Waals surface area (Å²) >= 11 is 0. The van der Waals surface area contributed by atoms with Crippen molar-refractivity contribution in [3.8, 4) is 22.6 Å². The monoisotopic (exact) mass is 774 g/mol. The van der Waals surface area contributed by atoms with E-state index in [0.717, 1.165) is 29.8 Å². The number of hydrogen-bond acceptors (Lipinski definition) is 16. The Bertz CT molecular complexity index is 2930. The summed E-state index contributed by atoms with van der Waals surface area (Å²) in [5, 5.41) is 37.4. The maximum atomic E-state index is 12.1. The number of phenols is 2. The summed E-state index contributed by atoms with van der Waals surface area (Å²) in [6.07, 6.45) is 0. The zero-order valence-electron chi connectivity index (χ0n) is 27.2. The highest BCUT2D eigenvalue weighted by atomic mass is 32.2. The highest BCUT2D eigenvalue weighted by Gasteiger charge is 2.21. The molecular weight excluding hydrogens is 751 g/mol. The SMILES string of the molecule is Cc1cc(-c2ccc(N=Nc3c(S(=O)(=O)[O-])cc4cc(S(=O)(=O)[O-])cc(N)c4c3O)c(C)c2)ccc1N=Nc1cc(S(=O)(=O)[O-])c2ccccc2c1O. The van der Waals surface area contributed by atoms with Crippen LogP contribution in [-0.2, 0) is 30.4 Å². The van der Waals surface area contributed by atoms with Gasteiger partial charge in [0, 0.05) is 21.8 Å². The fourth-order valence-electron chi connectivity index (χ4n) is 5.62. The molecule has 6 rings (SSSR count). The fraction of sp³-hybridized carbons (Fsp3) is 0.0588. The number of rotatable bonds is 8. The van der Waals surface area contributed by atoms with E-state index in [0.29, 0.717) is 22.4 Å². The molecule has 0 spiro atoms. The van der Waals surface area contributed by atoms with Gasteiger partial charge in [0.1, 0.15) is 41.7 Å². The number of phenolic OH excluding ortho intramolecular Hbond substituents is 2. The number of azo groups is 2. The first-order valence-corrected chi connectivity index (χ1v) is 19.2. The number of nitrogens with zero attached hydrogens (tertiary/aromatic N) is 4. The molecule has 0 amide bonds. The summed E-state index contributed by atoms with van der Waals surface area (Å²) < 4.78 is 107. The Balaban J connectivity index is 1.31. The highest BCUT2D eigenvalue weighted by molar-refractivity contribution is 7.86. The van der Waals surface area contributed by atoms with Crippen LogP contribution in [0.5, 0.6) is 11.5 Å². The van der Waals surface area contributed by atoms with Gasteiger partial charge in [0.25, 0.3) is 0 Å². The molecule has 0 bridgehead atoms. The summed E-state index contributed by atoms with van der Waals surface area (Å²) in [4.78, 5) is -2.37. The standard InChI is InChI=1S/C34H27N5O11S3/c1-17-11-19(7-9-26(17)36-38-28-16-29(52(45,46)47)23-5-3-4-6-24(23)33(28)40)20-8-10-27(18(2)12-20)37-39-32-30(53(48,49)50)14-21-13-22(51(42,43)44)15-25(35)31(21)34(32)41/h3-16,40-41H,35H2,1-2H3,(H,42,43,44)(H,45,46,47)(H,48,49,50)/p-3. The molecule has 4 N–H and O–H groups in total. The second kappa shape index (κ2) is 13.3. The van der Waals surface area contributed by atoms with Gasteiger partial charge < -0.3 is 29.6 Å². The molecule has 0 unspecified atom stereocenters. The average Bonchev–Trinajstić information content (AvgIpc) is 3.06. The van der Waals surface area contributed by atoms with E-state index in [1.807, 2.05) is 0 Å². The van der Waals surface area contributed by atoms with Gasteiger partial charge in [-0.3, -0.25) is 0 Å². The lowest BCUT2D eigenvalue weighted by atomic mass is 10.0. The maximum absolute atomic E-state index is 12.1. The van der Waals surface area contributed by atoms with Gasteiger partial charge in [0.15, 0.2) is 11.5 Å². The van der Waals surface area contributed by atoms with Gasteiger partial charge in [-0.2, -0.15) is 10.2 Å². The van der Waals surface area contributed by atoms with E-state index in [2.05, 4.69) is 20.5 Å². The molecule has 0 heterocycles. The van der Waals surface area contributed by atoms with E-state index in [9.17, 15) is 49.1 Å². The number of nitrogens with two attached hydrogens (primary N) is 1. The lowest BCUT2D eigenvalue weighted by molar-refractivity contribution is 0.458. The average molecular weight is 775 g/mol. The summed E-state index contributed by atoms with van der Waals surface area (Å²) in [5.41, 5.74) is 7.74. The normalized spacial score (nSPS) is 12.8. The number of anilines is 1. The molecule has 0 fully saturated rings. The summed E-state index contributed by atoms with van der Waals surface area (Å²) in [5.74, 6) is -1.22. The Morgan fingerprint density at radius 1 is 0.566 bits per heavy atom. The van der Waals surface area contributed by atoms with Crippen molar-refractivity contribution in [1.29, 1.82) is 0 Å². The van der Waals surface area contributed by atoms with E-state index in [1.54, 1.807) is 56.3 Å². The molecule has 0 radical (unpaired) electrons. The number of benzene rings is 6. The van der Waals surface area contributed by atoms with Gasteiger partial charge in [0.05, 0.1) is 26.1 Å². The second-order valence-corrected chi connectivity index (χ2v) is 15.8. The minimum absolute atomic E-state index is 0.0525. The van der Waals surface area contributed by atoms with Gasteiger partial charge in [0.2, 0.25) is 0 Å². The van der Waals surface area contributed by atoms with Crippen molar-refractivity contribution in [2.45, 2.75) is 28.5 Å². The minimum atomic E-state index is -5.31. The predicted molar refractivity (Wildman–Crippen MR) is 189 cm³/mol. The lowest BCUT2D eigenvalue weighted by Crippen LogP contribution is -2.03. The Morgan fingerprint density at radius 2 is 1.09 bits per heavy atom. The molecule has 0 aliphatic heterocycles. The maximum Gasteiger partial charge on any atom is 0.154 e. The lowest BCUT2D eigenvalue weighted by Gasteiger charge is -2.16. The van der Waals surface area contributed by atoms with Crippen LogP contribution in [0.15, 0.2) is 120 Å². The number of aryl methyl sites for hydroxylation is 2. The Kier molecular flexibility index (Phi) is 9.27. The predicted octanol–water partition coefficient (Wildman–Crippen LogP) is 6.81. The van der Waals surface area contributed by atoms with Crippen molar-refractivity contribution in [1.82, 2.24) is 0 Å². The molecule has 19 heteroatoms. The van der Waals surface area contributed by atoms with Crippen molar-refractivity contribution >= 4 is 80.3 Å². The van der Waals surface area contributed by atoms with Crippen LogP contribution in [0.3, 0.4) is 0 Å². The number of aromatic hydroxyl groups is 2. The van der Waals surface area contributed by atoms with E-state index >= 15 is 0 Å². The largest absolute Gasteiger partial charge is 0.744 e. The van der Waals surface area contributed by atoms with Crippen LogP contribution in [0.1, 0.15) is 11.1 Å². The van der Waals surface area contributed by atoms with Gasteiger partial charge in [-0.1, -0.05) is 36.4 Å². The zero-order chi connectivity index (χ0) is 38.6. The molecule has 0 saturated carbocycles. The first kappa shape index (κ1) is 36.9. The van der Waals surface area contributed by atoms with Crippen LogP contribution in [0, 0.1) is 13.8 Å². The fourth-order valence-corrected chi connectivity index (χ4v) is 7.52. The first-order chi connectivity index (χ1) is 24.7. The number of fused-ring (bicyclic) bond motifs is 2. The third-order valence-corrected chi connectivity index (χ3v) is 10.7. The molecule has 16 nitrogen and oxygen atoms in total. The van der Waals surface area contributed by atoms with Crippen molar-refractivity contribution in [2.24, 2.45) is 20.5 Å². The molecular formula is C34H24N5O11S3-3. The van der Waals surface area contributed by atoms with E-state index < -0.39 is 56.5 Å². The number of hydrogen-bond donors (Lipinski definition) is 3. The summed E-state index contributed by atoms with van der Waals surface area (Å²) in [6, 6.07) is 19.3. The van der Waals surface area contributed by atoms with Gasteiger partial charge >= 0.3 is 0 Å². The topological polar surface area (TPSA) is 288 Å². The highest BCUT2D eigenvalue weighted by Crippen LogP contribution is 2.45. The third kappa shape index (κ3) is 7.29. The molecule has 0 aliphatic rings. The molecule has 53 heavy (non-hydrogen) atoms. The van der Waals surface area contributed by atoms with Crippen molar-refractivity contribution in [3.05, 3.63) is 96.1 Å². The molecule has 0 aromatic heterocycles. The number of nitrogen functional groups attached to an aromatic ring is 1. The zero-order valence-corrected chi connectivity index (χ0v) is 29.7. The van der Waals surface area contributed by atoms with Crippen LogP contribution >= 0.6 is 0 Å². The Morgan fingerprint density at radius 3 is 1.62 bits per heavy atom. The van der Waals surface area contributed by atoms with Gasteiger partial charge in [-0.15, -0.1) is 10.2 Å². The van der Waals surface area contributed by atoms with Crippen LogP contribution in [-0.4, -0.2) is 49.1 Å². The molecule has 0 atom stereocenters. The van der Waals surface area contributed by atoms with E-state index in [1.165, 1.54) is 18.2 Å². The Hall–Kier alpha value is -5.83. The first-order valence-electron chi connectivity index (χ1n) is 15.0. The third-order valence-electron chi connectivity index (χ3n) is 8.19. The van der Waals surface area contributed by atoms with Gasteiger partial charge in [-0.25, -0.2) is 25.3 Å². The quantitative estimate of drug-likeness (QED) is 0.0816. The summed E-state index contributed by atoms with van der Waals surface area (Å²) in [6.45, 7) is 3.42. The van der Waals surface area contributed by atoms with Gasteiger partial charge in [-0.05, 0) is 90.0 Å². The second-order valence-electron chi connectivity index (χ2n) is 11.7. The van der Waals surface area contributed by atoms with Crippen LogP contribution in [0.25, 0.3) is 32.7 Å². The van der Waals surface area contributed by atoms with Crippen molar-refractivity contribution < 1.29 is 49.1 Å². The van der Waals surface area contributed by atoms with Crippen LogP contribution in [0.2, 0.25) is 0 Å². The van der Waals surface area contributed by atoms with Crippen LogP contribution < -0.4 is 5.73 Å². The van der Waals surface area contributed by atoms with E-state index in [4.69, 9.17) is 5.73 Å². The smallest absolute Gasteiger partial charge is 0.154 e. The molecule has 6 aromatic carbocycles. The molecule has 272 valence electrons. The Labute approximate surface area is 301 Å². The van der Waals surface area contributed by atoms with Crippen molar-refractivity contribution in [2.75, 3.05) is 5.73 Å². The molecule has 6 aromatic rings. The summed E-state index contributed by atoms with van der Waals surface area (Å²) in [7, 11) is -15.2.